The Labute approximate surface area is 256 Å². The van der Waals surface area contributed by atoms with Gasteiger partial charge in [-0.15, -0.1) is 0 Å². The fourth-order valence-electron chi connectivity index (χ4n) is 4.57. The summed E-state index contributed by atoms with van der Waals surface area (Å²) in [5.74, 6) is -4.38. The predicted molar refractivity (Wildman–Crippen MR) is 150 cm³/mol. The molecule has 3 aromatic carbocycles. The Hall–Kier alpha value is -4.98. The maximum Gasteiger partial charge on any atom is 0.435 e. The zero-order valence-electron chi connectivity index (χ0n) is 23.9. The highest BCUT2D eigenvalue weighted by Crippen LogP contribution is 2.53. The molecule has 0 heterocycles. The van der Waals surface area contributed by atoms with Crippen molar-refractivity contribution in [3.63, 3.8) is 0 Å². The van der Waals surface area contributed by atoms with Gasteiger partial charge in [-0.05, 0) is 42.8 Å². The maximum absolute atomic E-state index is 15.9. The number of hydroxylamine groups is 1. The summed E-state index contributed by atoms with van der Waals surface area (Å²) in [6, 6.07) is 10.9. The molecule has 0 bridgehead atoms. The smallest absolute Gasteiger partial charge is 0.322 e. The Morgan fingerprint density at radius 2 is 1.61 bits per heavy atom. The highest BCUT2D eigenvalue weighted by molar-refractivity contribution is 6.54. The number of halogens is 8. The van der Waals surface area contributed by atoms with Crippen LogP contribution in [0, 0.1) is 24.1 Å². The van der Waals surface area contributed by atoms with Gasteiger partial charge in [-0.2, -0.15) is 31.6 Å². The summed E-state index contributed by atoms with van der Waals surface area (Å²) in [7, 11) is -0.268. The Balaban J connectivity index is 2.07. The van der Waals surface area contributed by atoms with Gasteiger partial charge in [-0.3, -0.25) is 19.6 Å². The number of aryl methyl sites for hydroxylation is 1. The van der Waals surface area contributed by atoms with Crippen LogP contribution >= 0.6 is 0 Å². The number of rotatable bonds is 9. The number of nitriles is 1. The number of benzene rings is 3. The molecule has 0 saturated carbocycles. The highest BCUT2D eigenvalue weighted by atomic mass is 19.4. The number of nitrogens with zero attached hydrogens (tertiary/aromatic N) is 2. The molecule has 3 aromatic rings. The van der Waals surface area contributed by atoms with Gasteiger partial charge < -0.3 is 10.2 Å². The fraction of sp³-hybridized carbons (Fsp3) is 0.241. The van der Waals surface area contributed by atoms with Crippen molar-refractivity contribution in [2.45, 2.75) is 38.2 Å². The Morgan fingerprint density at radius 1 is 0.978 bits per heavy atom. The molecular formula is C29H23BF8N4O4. The number of alkyl halides is 7. The number of anilines is 2. The first kappa shape index (κ1) is 35.5. The predicted octanol–water partition coefficient (Wildman–Crippen LogP) is 5.20. The number of carbonyl (C=O) groups is 3. The van der Waals surface area contributed by atoms with Crippen molar-refractivity contribution >= 4 is 41.8 Å². The SMILES string of the molecule is CBc1cc(C(F)(C(F)(F)F)C(F)(F)F)cc(C)c1NC(=O)c1cccc(N(CCC(=O)NO)C(=O)c2cccc(C#N)c2)c1F. The lowest BCUT2D eigenvalue weighted by Crippen LogP contribution is -2.50. The molecule has 3 amide bonds. The molecule has 0 aromatic heterocycles. The first-order chi connectivity index (χ1) is 21.4. The molecule has 0 atom stereocenters. The summed E-state index contributed by atoms with van der Waals surface area (Å²) in [6.45, 7) is 1.83. The second-order valence-corrected chi connectivity index (χ2v) is 9.86. The standard InChI is InChI=1S/C29H23BF8N4O4/c1-15-11-18(27(32,28(33,34)35)29(36,37)38)13-20(30-2)24(15)40-25(44)19-7-4-8-21(23(19)31)42(10-9-22(43)41-46)26(45)17-6-3-5-16(12-17)14-39/h3-8,11-13,30,46H,9-10H2,1-2H3,(H,40,44)(H,41,43). The molecular weight excluding hydrogens is 631 g/mol. The van der Waals surface area contributed by atoms with E-state index < -0.39 is 71.3 Å². The van der Waals surface area contributed by atoms with Crippen LogP contribution in [0.5, 0.6) is 0 Å². The number of carbonyl (C=O) groups excluding carboxylic acids is 3. The van der Waals surface area contributed by atoms with Crippen molar-refractivity contribution in [1.82, 2.24) is 5.48 Å². The van der Waals surface area contributed by atoms with Crippen LogP contribution in [0.25, 0.3) is 0 Å². The van der Waals surface area contributed by atoms with Crippen molar-refractivity contribution in [1.29, 1.82) is 5.26 Å². The van der Waals surface area contributed by atoms with E-state index in [0.717, 1.165) is 30.0 Å². The molecule has 3 rings (SSSR count). The van der Waals surface area contributed by atoms with Gasteiger partial charge in [0.15, 0.2) is 13.1 Å². The van der Waals surface area contributed by atoms with E-state index in [1.807, 2.05) is 6.07 Å². The van der Waals surface area contributed by atoms with Gasteiger partial charge >= 0.3 is 18.0 Å². The molecule has 0 aliphatic carbocycles. The second kappa shape index (κ2) is 13.6. The van der Waals surface area contributed by atoms with Crippen LogP contribution in [0.3, 0.4) is 0 Å². The lowest BCUT2D eigenvalue weighted by atomic mass is 9.70. The van der Waals surface area contributed by atoms with Crippen LogP contribution < -0.4 is 21.2 Å². The minimum absolute atomic E-state index is 0.0797. The summed E-state index contributed by atoms with van der Waals surface area (Å²) < 4.78 is 111. The van der Waals surface area contributed by atoms with E-state index in [4.69, 9.17) is 5.21 Å². The van der Waals surface area contributed by atoms with Gasteiger partial charge in [-0.1, -0.05) is 36.6 Å². The lowest BCUT2D eigenvalue weighted by molar-refractivity contribution is -0.348. The molecule has 0 unspecified atom stereocenters. The Kier molecular flexibility index (Phi) is 10.5. The Morgan fingerprint density at radius 3 is 2.17 bits per heavy atom. The van der Waals surface area contributed by atoms with E-state index in [-0.39, 0.29) is 41.2 Å². The number of hydrogen-bond donors (Lipinski definition) is 3. The molecule has 0 radical (unpaired) electrons. The van der Waals surface area contributed by atoms with E-state index in [1.54, 1.807) is 0 Å². The van der Waals surface area contributed by atoms with Crippen molar-refractivity contribution in [3.05, 3.63) is 88.2 Å². The van der Waals surface area contributed by atoms with Crippen molar-refractivity contribution in [2.75, 3.05) is 16.8 Å². The van der Waals surface area contributed by atoms with Gasteiger partial charge in [0.25, 0.3) is 11.8 Å². The number of nitrogens with one attached hydrogen (secondary N) is 2. The van der Waals surface area contributed by atoms with Crippen LogP contribution in [0.1, 0.15) is 43.8 Å². The zero-order chi connectivity index (χ0) is 34.6. The molecule has 0 spiro atoms. The van der Waals surface area contributed by atoms with Gasteiger partial charge in [0, 0.05) is 29.8 Å². The lowest BCUT2D eigenvalue weighted by Gasteiger charge is -2.31. The first-order valence-corrected chi connectivity index (χ1v) is 13.2. The monoisotopic (exact) mass is 654 g/mol. The average Bonchev–Trinajstić information content (AvgIpc) is 3.00. The molecule has 3 N–H and O–H groups in total. The van der Waals surface area contributed by atoms with Crippen LogP contribution in [-0.2, 0) is 10.5 Å². The zero-order valence-corrected chi connectivity index (χ0v) is 23.9. The van der Waals surface area contributed by atoms with Crippen LogP contribution in [-0.4, -0.2) is 49.1 Å². The maximum atomic E-state index is 15.9. The van der Waals surface area contributed by atoms with Crippen LogP contribution in [0.15, 0.2) is 54.6 Å². The third kappa shape index (κ3) is 6.96. The molecule has 17 heteroatoms. The molecule has 0 aliphatic rings. The van der Waals surface area contributed by atoms with E-state index in [9.17, 15) is 50.4 Å². The minimum Gasteiger partial charge on any atom is -0.322 e. The third-order valence-corrected chi connectivity index (χ3v) is 6.90. The van der Waals surface area contributed by atoms with Crippen molar-refractivity contribution in [3.8, 4) is 6.07 Å². The summed E-state index contributed by atoms with van der Waals surface area (Å²) in [6.07, 6.45) is -13.3. The third-order valence-electron chi connectivity index (χ3n) is 6.90. The molecule has 242 valence electrons. The molecule has 8 nitrogen and oxygen atoms in total. The average molecular weight is 654 g/mol. The number of hydrogen-bond acceptors (Lipinski definition) is 5. The quantitative estimate of drug-likeness (QED) is 0.127. The molecule has 46 heavy (non-hydrogen) atoms. The van der Waals surface area contributed by atoms with E-state index >= 15 is 4.39 Å². The molecule has 0 aliphatic heterocycles. The number of amides is 3. The summed E-state index contributed by atoms with van der Waals surface area (Å²) in [5, 5.41) is 20.3. The highest BCUT2D eigenvalue weighted by Gasteiger charge is 2.73. The van der Waals surface area contributed by atoms with Crippen LogP contribution in [0.2, 0.25) is 6.82 Å². The molecule has 0 saturated heterocycles. The minimum atomic E-state index is -6.37. The molecule has 0 fully saturated rings. The van der Waals surface area contributed by atoms with Gasteiger partial charge in [-0.25, -0.2) is 14.3 Å². The first-order valence-electron chi connectivity index (χ1n) is 13.2. The van der Waals surface area contributed by atoms with Crippen molar-refractivity contribution in [2.24, 2.45) is 0 Å². The second-order valence-electron chi connectivity index (χ2n) is 9.86. The normalized spacial score (nSPS) is 11.8. The fourth-order valence-corrected chi connectivity index (χ4v) is 4.57. The summed E-state index contributed by atoms with van der Waals surface area (Å²) in [5.41, 5.74) is -8.37. The van der Waals surface area contributed by atoms with Gasteiger partial charge in [0.1, 0.15) is 0 Å². The largest absolute Gasteiger partial charge is 0.435 e. The van der Waals surface area contributed by atoms with E-state index in [2.05, 4.69) is 5.32 Å². The van der Waals surface area contributed by atoms with Gasteiger partial charge in [0.2, 0.25) is 5.91 Å². The Bertz CT molecular complexity index is 1690. The van der Waals surface area contributed by atoms with Crippen molar-refractivity contribution < 1.29 is 54.7 Å². The summed E-state index contributed by atoms with van der Waals surface area (Å²) in [4.78, 5) is 39.1. The van der Waals surface area contributed by atoms with E-state index in [0.29, 0.717) is 6.07 Å². The van der Waals surface area contributed by atoms with Gasteiger partial charge in [0.05, 0.1) is 22.9 Å². The summed E-state index contributed by atoms with van der Waals surface area (Å²) >= 11 is 0. The topological polar surface area (TPSA) is 123 Å². The van der Waals surface area contributed by atoms with Crippen LogP contribution in [0.4, 0.5) is 46.5 Å². The van der Waals surface area contributed by atoms with E-state index in [1.165, 1.54) is 36.6 Å².